The van der Waals surface area contributed by atoms with Gasteiger partial charge in [-0.2, -0.15) is 0 Å². The van der Waals surface area contributed by atoms with E-state index in [0.717, 1.165) is 34.4 Å². The molecule has 0 fully saturated rings. The van der Waals surface area contributed by atoms with Gasteiger partial charge in [0.05, 0.1) is 31.7 Å². The van der Waals surface area contributed by atoms with Crippen LogP contribution in [0, 0.1) is 0 Å². The fraction of sp³-hybridized carbons (Fsp3) is 0.211. The highest BCUT2D eigenvalue weighted by molar-refractivity contribution is 7.88. The summed E-state index contributed by atoms with van der Waals surface area (Å²) >= 11 is 0. The Balaban J connectivity index is 1.86. The molecule has 3 aromatic rings. The van der Waals surface area contributed by atoms with Crippen molar-refractivity contribution in [2.75, 3.05) is 20.5 Å². The van der Waals surface area contributed by atoms with Crippen LogP contribution in [0.2, 0.25) is 0 Å². The second-order valence-corrected chi connectivity index (χ2v) is 7.82. The molecule has 3 rings (SSSR count). The molecule has 1 aromatic heterocycles. The van der Waals surface area contributed by atoms with Crippen molar-refractivity contribution in [1.82, 2.24) is 14.5 Å². The molecular weight excluding hydrogens is 366 g/mol. The summed E-state index contributed by atoms with van der Waals surface area (Å²) in [7, 11) is -0.0178. The average Bonchev–Trinajstić information content (AvgIpc) is 3.11. The summed E-state index contributed by atoms with van der Waals surface area (Å²) in [6, 6.07) is 15.1. The molecule has 0 saturated heterocycles. The molecule has 27 heavy (non-hydrogen) atoms. The smallest absolute Gasteiger partial charge is 0.240 e. The topological polar surface area (TPSA) is 82.5 Å². The van der Waals surface area contributed by atoms with Crippen LogP contribution < -0.4 is 14.2 Å². The van der Waals surface area contributed by atoms with Gasteiger partial charge in [0.25, 0.3) is 0 Å². The number of hydrogen-bond acceptors (Lipinski definition) is 5. The molecule has 0 unspecified atom stereocenters. The van der Waals surface area contributed by atoms with Crippen LogP contribution in [0.3, 0.4) is 0 Å². The van der Waals surface area contributed by atoms with Gasteiger partial charge in [0, 0.05) is 12.7 Å². The predicted molar refractivity (Wildman–Crippen MR) is 104 cm³/mol. The molecule has 0 aliphatic rings. The van der Waals surface area contributed by atoms with Gasteiger partial charge in [0.2, 0.25) is 15.9 Å². The van der Waals surface area contributed by atoms with Crippen LogP contribution in [0.25, 0.3) is 16.8 Å². The molecule has 0 amide bonds. The van der Waals surface area contributed by atoms with E-state index >= 15 is 0 Å². The van der Waals surface area contributed by atoms with Crippen LogP contribution in [0.15, 0.2) is 54.7 Å². The number of nitrogens with zero attached hydrogens (tertiary/aromatic N) is 2. The quantitative estimate of drug-likeness (QED) is 0.674. The lowest BCUT2D eigenvalue weighted by molar-refractivity contribution is 0.395. The average molecular weight is 387 g/mol. The molecule has 2 aromatic carbocycles. The molecule has 0 spiro atoms. The monoisotopic (exact) mass is 387 g/mol. The highest BCUT2D eigenvalue weighted by Gasteiger charge is 2.13. The van der Waals surface area contributed by atoms with E-state index in [0.29, 0.717) is 5.88 Å². The first-order valence-corrected chi connectivity index (χ1v) is 10.1. The lowest BCUT2D eigenvalue weighted by atomic mass is 10.1. The Labute approximate surface area is 158 Å². The SMILES string of the molecule is COc1ccc(-n2cc(-c3ccc(CNS(C)(=O)=O)cc3)c(OC)n2)cc1. The van der Waals surface area contributed by atoms with Gasteiger partial charge in [-0.15, -0.1) is 5.10 Å². The minimum Gasteiger partial charge on any atom is -0.497 e. The molecule has 0 aliphatic heterocycles. The minimum atomic E-state index is -3.22. The van der Waals surface area contributed by atoms with Crippen molar-refractivity contribution >= 4 is 10.0 Å². The van der Waals surface area contributed by atoms with Crippen molar-refractivity contribution in [2.24, 2.45) is 0 Å². The maximum atomic E-state index is 11.2. The highest BCUT2D eigenvalue weighted by atomic mass is 32.2. The Morgan fingerprint density at radius 1 is 1.00 bits per heavy atom. The third-order valence-electron chi connectivity index (χ3n) is 4.01. The summed E-state index contributed by atoms with van der Waals surface area (Å²) in [6.45, 7) is 0.251. The van der Waals surface area contributed by atoms with Crippen LogP contribution in [0.4, 0.5) is 0 Å². The predicted octanol–water partition coefficient (Wildman–Crippen LogP) is 2.61. The summed E-state index contributed by atoms with van der Waals surface area (Å²) in [5.74, 6) is 1.28. The van der Waals surface area contributed by atoms with Gasteiger partial charge in [0.15, 0.2) is 0 Å². The van der Waals surface area contributed by atoms with Crippen LogP contribution in [0.1, 0.15) is 5.56 Å². The summed E-state index contributed by atoms with van der Waals surface area (Å²) in [5, 5.41) is 4.48. The molecule has 8 heteroatoms. The number of methoxy groups -OCH3 is 2. The van der Waals surface area contributed by atoms with E-state index in [1.807, 2.05) is 54.7 Å². The lowest BCUT2D eigenvalue weighted by Crippen LogP contribution is -2.21. The number of rotatable bonds is 7. The lowest BCUT2D eigenvalue weighted by Gasteiger charge is -2.05. The number of benzene rings is 2. The summed E-state index contributed by atoms with van der Waals surface area (Å²) in [6.07, 6.45) is 3.03. The van der Waals surface area contributed by atoms with Crippen molar-refractivity contribution in [3.05, 3.63) is 60.3 Å². The summed E-state index contributed by atoms with van der Waals surface area (Å²) in [4.78, 5) is 0. The molecule has 1 N–H and O–H groups in total. The highest BCUT2D eigenvalue weighted by Crippen LogP contribution is 2.30. The van der Waals surface area contributed by atoms with E-state index in [-0.39, 0.29) is 6.54 Å². The molecule has 0 radical (unpaired) electrons. The first-order chi connectivity index (χ1) is 12.9. The maximum absolute atomic E-state index is 11.2. The molecule has 0 saturated carbocycles. The zero-order chi connectivity index (χ0) is 19.4. The van der Waals surface area contributed by atoms with Crippen molar-refractivity contribution in [2.45, 2.75) is 6.54 Å². The zero-order valence-corrected chi connectivity index (χ0v) is 16.2. The second kappa shape index (κ2) is 7.81. The van der Waals surface area contributed by atoms with Gasteiger partial charge in [-0.05, 0) is 35.4 Å². The van der Waals surface area contributed by atoms with E-state index in [2.05, 4.69) is 9.82 Å². The van der Waals surface area contributed by atoms with E-state index in [1.54, 1.807) is 18.9 Å². The molecule has 7 nitrogen and oxygen atoms in total. The largest absolute Gasteiger partial charge is 0.497 e. The standard InChI is InChI=1S/C19H21N3O4S/c1-25-17-10-8-16(9-11-17)22-13-18(19(21-22)26-2)15-6-4-14(5-7-15)12-20-27(3,23)24/h4-11,13,20H,12H2,1-3H3. The fourth-order valence-electron chi connectivity index (χ4n) is 2.59. The summed E-state index contributed by atoms with van der Waals surface area (Å²) in [5.41, 5.74) is 3.52. The minimum absolute atomic E-state index is 0.251. The first kappa shape index (κ1) is 18.9. The number of nitrogens with one attached hydrogen (secondary N) is 1. The van der Waals surface area contributed by atoms with Crippen LogP contribution in [0.5, 0.6) is 11.6 Å². The van der Waals surface area contributed by atoms with Gasteiger partial charge in [-0.1, -0.05) is 24.3 Å². The third kappa shape index (κ3) is 4.66. The Bertz CT molecular complexity index is 1010. The van der Waals surface area contributed by atoms with Crippen LogP contribution >= 0.6 is 0 Å². The van der Waals surface area contributed by atoms with E-state index in [9.17, 15) is 8.42 Å². The van der Waals surface area contributed by atoms with E-state index in [1.165, 1.54) is 0 Å². The van der Waals surface area contributed by atoms with Crippen molar-refractivity contribution < 1.29 is 17.9 Å². The Kier molecular flexibility index (Phi) is 5.48. The first-order valence-electron chi connectivity index (χ1n) is 8.21. The Morgan fingerprint density at radius 2 is 1.67 bits per heavy atom. The number of aromatic nitrogens is 2. The maximum Gasteiger partial charge on any atom is 0.240 e. The van der Waals surface area contributed by atoms with Crippen molar-refractivity contribution in [3.63, 3.8) is 0 Å². The molecule has 0 atom stereocenters. The van der Waals surface area contributed by atoms with Crippen LogP contribution in [-0.2, 0) is 16.6 Å². The number of sulfonamides is 1. The fourth-order valence-corrected chi connectivity index (χ4v) is 3.02. The zero-order valence-electron chi connectivity index (χ0n) is 15.3. The molecule has 0 bridgehead atoms. The van der Waals surface area contributed by atoms with Gasteiger partial charge in [-0.25, -0.2) is 17.8 Å². The van der Waals surface area contributed by atoms with Crippen molar-refractivity contribution in [1.29, 1.82) is 0 Å². The van der Waals surface area contributed by atoms with Gasteiger partial charge < -0.3 is 9.47 Å². The molecular formula is C19H21N3O4S. The van der Waals surface area contributed by atoms with Gasteiger partial charge in [0.1, 0.15) is 5.75 Å². The Morgan fingerprint density at radius 3 is 2.22 bits per heavy atom. The normalized spacial score (nSPS) is 11.4. The van der Waals surface area contributed by atoms with Gasteiger partial charge in [-0.3, -0.25) is 0 Å². The third-order valence-corrected chi connectivity index (χ3v) is 4.68. The molecule has 0 aliphatic carbocycles. The summed E-state index contributed by atoms with van der Waals surface area (Å²) < 4.78 is 37.2. The van der Waals surface area contributed by atoms with Crippen LogP contribution in [-0.4, -0.2) is 38.7 Å². The van der Waals surface area contributed by atoms with E-state index in [4.69, 9.17) is 9.47 Å². The van der Waals surface area contributed by atoms with E-state index < -0.39 is 10.0 Å². The van der Waals surface area contributed by atoms with Gasteiger partial charge >= 0.3 is 0 Å². The number of ether oxygens (including phenoxy) is 2. The Hall–Kier alpha value is -2.84. The molecule has 142 valence electrons. The number of hydrogen-bond donors (Lipinski definition) is 1. The van der Waals surface area contributed by atoms with Crippen molar-refractivity contribution in [3.8, 4) is 28.4 Å². The molecule has 1 heterocycles. The second-order valence-electron chi connectivity index (χ2n) is 5.98.